The van der Waals surface area contributed by atoms with E-state index < -0.39 is 10.8 Å². The minimum absolute atomic E-state index is 0.138. The van der Waals surface area contributed by atoms with Gasteiger partial charge < -0.3 is 15.2 Å². The molecule has 2 aromatic rings. The Bertz CT molecular complexity index is 760. The highest BCUT2D eigenvalue weighted by atomic mass is 32.2. The van der Waals surface area contributed by atoms with Gasteiger partial charge in [-0.25, -0.2) is 4.98 Å². The molecule has 3 rings (SSSR count). The van der Waals surface area contributed by atoms with Crippen LogP contribution in [0.15, 0.2) is 46.3 Å². The maximum absolute atomic E-state index is 11.9. The van der Waals surface area contributed by atoms with Crippen LogP contribution in [-0.4, -0.2) is 39.6 Å². The van der Waals surface area contributed by atoms with E-state index in [4.69, 9.17) is 0 Å². The van der Waals surface area contributed by atoms with Crippen molar-refractivity contribution in [2.75, 3.05) is 24.2 Å². The lowest BCUT2D eigenvalue weighted by Gasteiger charge is -2.33. The highest BCUT2D eigenvalue weighted by molar-refractivity contribution is 7.84. The van der Waals surface area contributed by atoms with Crippen LogP contribution >= 0.6 is 0 Å². The van der Waals surface area contributed by atoms with Gasteiger partial charge in [0, 0.05) is 60.0 Å². The molecule has 2 N–H and O–H groups in total. The number of benzene rings is 1. The van der Waals surface area contributed by atoms with Gasteiger partial charge in [0.15, 0.2) is 5.82 Å². The van der Waals surface area contributed by atoms with Gasteiger partial charge in [0.25, 0.3) is 5.56 Å². The standard InChI is InChI=1S/C17H22N4O2S/c1-24(23)15-6-4-13(5-7-15)11-20-14-3-2-10-21(12-14)16-17(22)19-9-8-18-16/h4-9,14,20H,2-3,10-12H2,1H3,(H,19,22)/t14-,24+/m0/s1. The first-order valence-corrected chi connectivity index (χ1v) is 9.63. The highest BCUT2D eigenvalue weighted by Gasteiger charge is 2.22. The van der Waals surface area contributed by atoms with E-state index in [9.17, 15) is 9.00 Å². The summed E-state index contributed by atoms with van der Waals surface area (Å²) in [4.78, 5) is 21.7. The minimum atomic E-state index is -0.940. The summed E-state index contributed by atoms with van der Waals surface area (Å²) in [5.41, 5.74) is 1.03. The van der Waals surface area contributed by atoms with Gasteiger partial charge in [-0.1, -0.05) is 12.1 Å². The number of rotatable bonds is 5. The zero-order valence-electron chi connectivity index (χ0n) is 13.7. The molecule has 0 aliphatic carbocycles. The van der Waals surface area contributed by atoms with Crippen LogP contribution < -0.4 is 15.8 Å². The average molecular weight is 346 g/mol. The van der Waals surface area contributed by atoms with E-state index >= 15 is 0 Å². The number of H-pyrrole nitrogens is 1. The van der Waals surface area contributed by atoms with Crippen molar-refractivity contribution in [3.05, 3.63) is 52.6 Å². The number of aromatic nitrogens is 2. The maximum atomic E-state index is 11.9. The molecule has 2 atom stereocenters. The Morgan fingerprint density at radius 3 is 2.88 bits per heavy atom. The predicted octanol–water partition coefficient (Wildman–Crippen LogP) is 1.27. The molecule has 0 amide bonds. The van der Waals surface area contributed by atoms with Crippen molar-refractivity contribution in [2.24, 2.45) is 0 Å². The smallest absolute Gasteiger partial charge is 0.290 e. The van der Waals surface area contributed by atoms with Crippen molar-refractivity contribution in [3.8, 4) is 0 Å². The van der Waals surface area contributed by atoms with Gasteiger partial charge in [0.2, 0.25) is 0 Å². The first-order valence-electron chi connectivity index (χ1n) is 8.08. The minimum Gasteiger partial charge on any atom is -0.350 e. The van der Waals surface area contributed by atoms with E-state index in [0.717, 1.165) is 42.9 Å². The molecule has 7 heteroatoms. The van der Waals surface area contributed by atoms with Crippen molar-refractivity contribution in [1.29, 1.82) is 0 Å². The van der Waals surface area contributed by atoms with Gasteiger partial charge in [0.05, 0.1) is 0 Å². The summed E-state index contributed by atoms with van der Waals surface area (Å²) in [6.07, 6.45) is 6.97. The Morgan fingerprint density at radius 2 is 2.17 bits per heavy atom. The third-order valence-electron chi connectivity index (χ3n) is 4.26. The molecule has 1 aliphatic rings. The molecule has 128 valence electrons. The summed E-state index contributed by atoms with van der Waals surface area (Å²) in [7, 11) is -0.940. The van der Waals surface area contributed by atoms with Crippen molar-refractivity contribution < 1.29 is 4.21 Å². The number of piperidine rings is 1. The molecule has 1 aromatic heterocycles. The molecule has 1 aromatic carbocycles. The second kappa shape index (κ2) is 7.72. The van der Waals surface area contributed by atoms with Crippen LogP contribution in [0.4, 0.5) is 5.82 Å². The fourth-order valence-electron chi connectivity index (χ4n) is 2.97. The first-order chi connectivity index (χ1) is 11.6. The van der Waals surface area contributed by atoms with E-state index in [1.54, 1.807) is 18.6 Å². The predicted molar refractivity (Wildman–Crippen MR) is 95.7 cm³/mol. The first kappa shape index (κ1) is 16.9. The lowest BCUT2D eigenvalue weighted by Crippen LogP contribution is -2.47. The van der Waals surface area contributed by atoms with E-state index in [1.165, 1.54) is 0 Å². The van der Waals surface area contributed by atoms with E-state index in [-0.39, 0.29) is 5.56 Å². The number of nitrogens with one attached hydrogen (secondary N) is 2. The van der Waals surface area contributed by atoms with Gasteiger partial charge in [-0.15, -0.1) is 0 Å². The number of aromatic amines is 1. The van der Waals surface area contributed by atoms with E-state index in [1.807, 2.05) is 29.2 Å². The molecule has 6 nitrogen and oxygen atoms in total. The van der Waals surface area contributed by atoms with Crippen LogP contribution in [0, 0.1) is 0 Å². The third kappa shape index (κ3) is 4.10. The molecule has 0 saturated carbocycles. The Hall–Kier alpha value is -1.99. The van der Waals surface area contributed by atoms with Crippen molar-refractivity contribution in [1.82, 2.24) is 15.3 Å². The van der Waals surface area contributed by atoms with Gasteiger partial charge in [-0.3, -0.25) is 9.00 Å². The molecular formula is C17H22N4O2S. The number of hydrogen-bond donors (Lipinski definition) is 2. The number of nitrogens with zero attached hydrogens (tertiary/aromatic N) is 2. The second-order valence-electron chi connectivity index (χ2n) is 6.01. The summed E-state index contributed by atoms with van der Waals surface area (Å²) in [5.74, 6) is 0.499. The quantitative estimate of drug-likeness (QED) is 0.852. The summed E-state index contributed by atoms with van der Waals surface area (Å²) in [6.45, 7) is 2.39. The van der Waals surface area contributed by atoms with E-state index in [2.05, 4.69) is 15.3 Å². The monoisotopic (exact) mass is 346 g/mol. The zero-order chi connectivity index (χ0) is 16.9. The van der Waals surface area contributed by atoms with Crippen molar-refractivity contribution >= 4 is 16.6 Å². The van der Waals surface area contributed by atoms with Gasteiger partial charge in [-0.2, -0.15) is 0 Å². The molecule has 24 heavy (non-hydrogen) atoms. The highest BCUT2D eigenvalue weighted by Crippen LogP contribution is 2.15. The van der Waals surface area contributed by atoms with Crippen LogP contribution in [0.3, 0.4) is 0 Å². The van der Waals surface area contributed by atoms with Gasteiger partial charge >= 0.3 is 0 Å². The molecule has 0 spiro atoms. The van der Waals surface area contributed by atoms with Crippen LogP contribution in [0.5, 0.6) is 0 Å². The van der Waals surface area contributed by atoms with Crippen LogP contribution in [0.1, 0.15) is 18.4 Å². The van der Waals surface area contributed by atoms with Gasteiger partial charge in [0.1, 0.15) is 0 Å². The summed E-state index contributed by atoms with van der Waals surface area (Å²) >= 11 is 0. The molecule has 0 bridgehead atoms. The zero-order valence-corrected chi connectivity index (χ0v) is 14.5. The van der Waals surface area contributed by atoms with Crippen LogP contribution in [0.25, 0.3) is 0 Å². The van der Waals surface area contributed by atoms with E-state index in [0.29, 0.717) is 11.9 Å². The second-order valence-corrected chi connectivity index (χ2v) is 7.39. The summed E-state index contributed by atoms with van der Waals surface area (Å²) in [5, 5.41) is 3.55. The number of anilines is 1. The fourth-order valence-corrected chi connectivity index (χ4v) is 3.49. The topological polar surface area (TPSA) is 78.1 Å². The Morgan fingerprint density at radius 1 is 1.38 bits per heavy atom. The Labute approximate surface area is 143 Å². The molecule has 1 saturated heterocycles. The molecule has 0 unspecified atom stereocenters. The largest absolute Gasteiger partial charge is 0.350 e. The molecule has 1 aliphatic heterocycles. The summed E-state index contributed by atoms with van der Waals surface area (Å²) < 4.78 is 11.4. The average Bonchev–Trinajstić information content (AvgIpc) is 2.61. The lowest BCUT2D eigenvalue weighted by atomic mass is 10.1. The van der Waals surface area contributed by atoms with Crippen LogP contribution in [-0.2, 0) is 17.3 Å². The normalized spacial score (nSPS) is 19.2. The Balaban J connectivity index is 1.58. The third-order valence-corrected chi connectivity index (χ3v) is 5.20. The fraction of sp³-hybridized carbons (Fsp3) is 0.412. The lowest BCUT2D eigenvalue weighted by molar-refractivity contribution is 0.419. The van der Waals surface area contributed by atoms with Gasteiger partial charge in [-0.05, 0) is 30.5 Å². The SMILES string of the molecule is C[S@@](=O)c1ccc(CN[C@H]2CCCN(c3ncc[nH]c3=O)C2)cc1. The van der Waals surface area contributed by atoms with Crippen molar-refractivity contribution in [3.63, 3.8) is 0 Å². The van der Waals surface area contributed by atoms with Crippen LogP contribution in [0.2, 0.25) is 0 Å². The molecule has 0 radical (unpaired) electrons. The number of hydrogen-bond acceptors (Lipinski definition) is 5. The summed E-state index contributed by atoms with van der Waals surface area (Å²) in [6, 6.07) is 8.16. The molecule has 2 heterocycles. The maximum Gasteiger partial charge on any atom is 0.290 e. The molecule has 1 fully saturated rings. The molecular weight excluding hydrogens is 324 g/mol. The van der Waals surface area contributed by atoms with Crippen molar-refractivity contribution in [2.45, 2.75) is 30.3 Å². The Kier molecular flexibility index (Phi) is 5.42.